The van der Waals surface area contributed by atoms with Crippen LogP contribution in [0.2, 0.25) is 0 Å². The minimum atomic E-state index is -4.66. The number of alkyl halides is 5. The molecular formula is C13H10F6O3. The van der Waals surface area contributed by atoms with E-state index >= 15 is 0 Å². The van der Waals surface area contributed by atoms with Crippen molar-refractivity contribution in [2.75, 3.05) is 6.61 Å². The first kappa shape index (κ1) is 16.4. The summed E-state index contributed by atoms with van der Waals surface area (Å²) in [5, 5.41) is 9.10. The Labute approximate surface area is 120 Å². The van der Waals surface area contributed by atoms with Crippen molar-refractivity contribution >= 4 is 5.97 Å². The van der Waals surface area contributed by atoms with E-state index in [1.807, 2.05) is 0 Å². The highest BCUT2D eigenvalue weighted by Crippen LogP contribution is 2.53. The summed E-state index contributed by atoms with van der Waals surface area (Å²) in [5.74, 6) is -6.67. The second-order valence-electron chi connectivity index (χ2n) is 5.15. The molecular weight excluding hydrogens is 318 g/mol. The molecule has 0 bridgehead atoms. The van der Waals surface area contributed by atoms with Crippen LogP contribution in [0.25, 0.3) is 0 Å². The molecule has 0 spiro atoms. The van der Waals surface area contributed by atoms with Crippen LogP contribution in [0.1, 0.15) is 18.4 Å². The molecule has 2 rings (SSSR count). The minimum absolute atomic E-state index is 0.234. The number of ether oxygens (including phenoxy) is 1. The molecule has 1 aliphatic rings. The lowest BCUT2D eigenvalue weighted by Crippen LogP contribution is -2.54. The second kappa shape index (κ2) is 5.06. The molecule has 0 unspecified atom stereocenters. The van der Waals surface area contributed by atoms with E-state index in [9.17, 15) is 31.1 Å². The lowest BCUT2D eigenvalue weighted by atomic mass is 9.62. The minimum Gasteiger partial charge on any atom is -0.481 e. The highest BCUT2D eigenvalue weighted by atomic mass is 19.4. The number of halogens is 6. The Morgan fingerprint density at radius 1 is 1.27 bits per heavy atom. The van der Waals surface area contributed by atoms with Crippen LogP contribution in [0.3, 0.4) is 0 Å². The normalized spacial score (nSPS) is 19.4. The number of benzene rings is 1. The molecule has 1 aromatic rings. The van der Waals surface area contributed by atoms with Gasteiger partial charge in [0.15, 0.2) is 18.2 Å². The zero-order valence-corrected chi connectivity index (χ0v) is 10.9. The van der Waals surface area contributed by atoms with Crippen molar-refractivity contribution in [3.05, 3.63) is 29.6 Å². The average Bonchev–Trinajstić information content (AvgIpc) is 2.32. The van der Waals surface area contributed by atoms with Crippen LogP contribution in [0.4, 0.5) is 26.3 Å². The Kier molecular flexibility index (Phi) is 3.78. The maximum Gasteiger partial charge on any atom is 0.422 e. The van der Waals surface area contributed by atoms with Gasteiger partial charge in [0.2, 0.25) is 0 Å². The number of rotatable bonds is 4. The summed E-state index contributed by atoms with van der Waals surface area (Å²) in [6.07, 6.45) is -6.64. The molecule has 0 aliphatic heterocycles. The van der Waals surface area contributed by atoms with Crippen LogP contribution in [-0.4, -0.2) is 29.8 Å². The molecule has 0 atom stereocenters. The van der Waals surface area contributed by atoms with E-state index in [0.717, 1.165) is 12.1 Å². The van der Waals surface area contributed by atoms with Gasteiger partial charge in [-0.3, -0.25) is 4.79 Å². The largest absolute Gasteiger partial charge is 0.481 e. The zero-order chi connectivity index (χ0) is 16.8. The van der Waals surface area contributed by atoms with Crippen LogP contribution < -0.4 is 4.74 Å². The molecule has 122 valence electrons. The van der Waals surface area contributed by atoms with Crippen molar-refractivity contribution in [2.45, 2.75) is 30.4 Å². The Bertz CT molecular complexity index is 588. The molecule has 1 aliphatic carbocycles. The fourth-order valence-corrected chi connectivity index (χ4v) is 2.39. The van der Waals surface area contributed by atoms with E-state index in [4.69, 9.17) is 5.11 Å². The Hall–Kier alpha value is -1.93. The highest BCUT2D eigenvalue weighted by molar-refractivity contribution is 5.83. The average molecular weight is 328 g/mol. The van der Waals surface area contributed by atoms with Crippen LogP contribution in [0.5, 0.6) is 5.75 Å². The van der Waals surface area contributed by atoms with Gasteiger partial charge in [-0.05, 0) is 17.7 Å². The molecule has 22 heavy (non-hydrogen) atoms. The number of aliphatic carboxylic acids is 1. The lowest BCUT2D eigenvalue weighted by Gasteiger charge is -2.44. The maximum absolute atomic E-state index is 13.7. The second-order valence-corrected chi connectivity index (χ2v) is 5.15. The molecule has 9 heteroatoms. The Balaban J connectivity index is 2.23. The first-order valence-electron chi connectivity index (χ1n) is 6.06. The summed E-state index contributed by atoms with van der Waals surface area (Å²) in [4.78, 5) is 11.2. The van der Waals surface area contributed by atoms with Gasteiger partial charge < -0.3 is 9.84 Å². The standard InChI is InChI=1S/C13H10F6O3/c14-8-3-7(1-2-9(8)22-6-13(17,18)19)11(10(20)21)4-12(15,16)5-11/h1-3H,4-6H2,(H,20,21). The van der Waals surface area contributed by atoms with E-state index in [-0.39, 0.29) is 5.56 Å². The fourth-order valence-electron chi connectivity index (χ4n) is 2.39. The van der Waals surface area contributed by atoms with Gasteiger partial charge in [-0.15, -0.1) is 0 Å². The van der Waals surface area contributed by atoms with E-state index in [0.29, 0.717) is 6.07 Å². The van der Waals surface area contributed by atoms with Crippen molar-refractivity contribution in [3.63, 3.8) is 0 Å². The predicted octanol–water partition coefficient (Wildman–Crippen LogP) is 3.52. The topological polar surface area (TPSA) is 46.5 Å². The van der Waals surface area contributed by atoms with E-state index < -0.39 is 54.5 Å². The molecule has 0 radical (unpaired) electrons. The van der Waals surface area contributed by atoms with Crippen molar-refractivity contribution < 1.29 is 41.0 Å². The van der Waals surface area contributed by atoms with Gasteiger partial charge in [-0.25, -0.2) is 13.2 Å². The highest BCUT2D eigenvalue weighted by Gasteiger charge is 2.62. The van der Waals surface area contributed by atoms with Gasteiger partial charge in [-0.1, -0.05) is 6.07 Å². The maximum atomic E-state index is 13.7. The number of carbonyl (C=O) groups is 1. The number of hydrogen-bond acceptors (Lipinski definition) is 2. The quantitative estimate of drug-likeness (QED) is 0.860. The third-order valence-electron chi connectivity index (χ3n) is 3.41. The Morgan fingerprint density at radius 3 is 2.27 bits per heavy atom. The molecule has 0 amide bonds. The van der Waals surface area contributed by atoms with Gasteiger partial charge in [0, 0.05) is 12.8 Å². The summed E-state index contributed by atoms with van der Waals surface area (Å²) >= 11 is 0. The number of hydrogen-bond donors (Lipinski definition) is 1. The summed E-state index contributed by atoms with van der Waals surface area (Å²) < 4.78 is 79.9. The van der Waals surface area contributed by atoms with E-state index in [1.165, 1.54) is 0 Å². The van der Waals surface area contributed by atoms with Crippen molar-refractivity contribution in [3.8, 4) is 5.75 Å². The first-order valence-corrected chi connectivity index (χ1v) is 6.06. The van der Waals surface area contributed by atoms with Crippen LogP contribution in [-0.2, 0) is 10.2 Å². The van der Waals surface area contributed by atoms with Gasteiger partial charge in [0.05, 0.1) is 0 Å². The van der Waals surface area contributed by atoms with Gasteiger partial charge >= 0.3 is 12.1 Å². The van der Waals surface area contributed by atoms with Crippen molar-refractivity contribution in [1.29, 1.82) is 0 Å². The molecule has 0 saturated heterocycles. The van der Waals surface area contributed by atoms with Crippen LogP contribution >= 0.6 is 0 Å². The first-order chi connectivity index (χ1) is 9.95. The third kappa shape index (κ3) is 3.12. The number of carboxylic acids is 1. The molecule has 1 fully saturated rings. The van der Waals surface area contributed by atoms with Gasteiger partial charge in [0.25, 0.3) is 5.92 Å². The molecule has 1 saturated carbocycles. The number of carboxylic acid groups (broad SMARTS) is 1. The van der Waals surface area contributed by atoms with Crippen molar-refractivity contribution in [1.82, 2.24) is 0 Å². The van der Waals surface area contributed by atoms with Gasteiger partial charge in [0.1, 0.15) is 5.41 Å². The van der Waals surface area contributed by atoms with E-state index in [1.54, 1.807) is 0 Å². The lowest BCUT2D eigenvalue weighted by molar-refractivity contribution is -0.174. The predicted molar refractivity (Wildman–Crippen MR) is 61.4 cm³/mol. The third-order valence-corrected chi connectivity index (χ3v) is 3.41. The molecule has 1 aromatic carbocycles. The van der Waals surface area contributed by atoms with Gasteiger partial charge in [-0.2, -0.15) is 13.2 Å². The zero-order valence-electron chi connectivity index (χ0n) is 10.9. The fraction of sp³-hybridized carbons (Fsp3) is 0.462. The van der Waals surface area contributed by atoms with Crippen molar-refractivity contribution in [2.24, 2.45) is 0 Å². The van der Waals surface area contributed by atoms with Crippen LogP contribution in [0, 0.1) is 5.82 Å². The summed E-state index contributed by atoms with van der Waals surface area (Å²) in [6.45, 7) is -1.72. The van der Waals surface area contributed by atoms with E-state index in [2.05, 4.69) is 4.74 Å². The Morgan fingerprint density at radius 2 is 1.86 bits per heavy atom. The van der Waals surface area contributed by atoms with Crippen LogP contribution in [0.15, 0.2) is 18.2 Å². The molecule has 0 heterocycles. The summed E-state index contributed by atoms with van der Waals surface area (Å²) in [5.41, 5.74) is -2.17. The molecule has 3 nitrogen and oxygen atoms in total. The monoisotopic (exact) mass is 328 g/mol. The summed E-state index contributed by atoms with van der Waals surface area (Å²) in [6, 6.07) is 2.41. The smallest absolute Gasteiger partial charge is 0.422 e. The molecule has 0 aromatic heterocycles. The molecule has 1 N–H and O–H groups in total. The SMILES string of the molecule is O=C(O)C1(c2ccc(OCC(F)(F)F)c(F)c2)CC(F)(F)C1. The summed E-state index contributed by atoms with van der Waals surface area (Å²) in [7, 11) is 0.